The van der Waals surface area contributed by atoms with Gasteiger partial charge < -0.3 is 15.0 Å². The number of aliphatic imine (C=N–C) groups is 1. The highest BCUT2D eigenvalue weighted by atomic mass is 32.2. The molecule has 6 heteroatoms. The van der Waals surface area contributed by atoms with Gasteiger partial charge in [0.15, 0.2) is 0 Å². The number of anilines is 1. The fourth-order valence-electron chi connectivity index (χ4n) is 3.47. The quantitative estimate of drug-likeness (QED) is 0.570. The van der Waals surface area contributed by atoms with Crippen molar-refractivity contribution in [3.63, 3.8) is 0 Å². The molecule has 2 heterocycles. The normalized spacial score (nSPS) is 19.6. The van der Waals surface area contributed by atoms with Crippen molar-refractivity contribution < 1.29 is 9.53 Å². The third-order valence-corrected chi connectivity index (χ3v) is 5.98. The van der Waals surface area contributed by atoms with Crippen molar-refractivity contribution in [1.82, 2.24) is 4.90 Å². The molecule has 2 aliphatic heterocycles. The molecule has 0 bridgehead atoms. The van der Waals surface area contributed by atoms with Crippen LogP contribution in [0.4, 0.5) is 11.4 Å². The van der Waals surface area contributed by atoms with E-state index in [1.54, 1.807) is 6.21 Å². The number of carbonyl (C=O) groups is 1. The fraction of sp³-hybridized carbons (Fsp3) is 0.364. The molecule has 28 heavy (non-hydrogen) atoms. The Morgan fingerprint density at radius 2 is 1.93 bits per heavy atom. The molecule has 1 amide bonds. The lowest BCUT2D eigenvalue weighted by Crippen LogP contribution is -2.33. The zero-order chi connectivity index (χ0) is 19.2. The molecule has 146 valence electrons. The highest BCUT2D eigenvalue weighted by molar-refractivity contribution is 7.99. The molecule has 1 saturated heterocycles. The van der Waals surface area contributed by atoms with Gasteiger partial charge in [-0.25, -0.2) is 0 Å². The molecule has 1 atom stereocenters. The Morgan fingerprint density at radius 3 is 2.75 bits per heavy atom. The summed E-state index contributed by atoms with van der Waals surface area (Å²) in [5.41, 5.74) is 2.66. The predicted octanol–water partition coefficient (Wildman–Crippen LogP) is 3.94. The van der Waals surface area contributed by atoms with Crippen molar-refractivity contribution >= 4 is 35.3 Å². The van der Waals surface area contributed by atoms with Gasteiger partial charge in [0, 0.05) is 43.0 Å². The Hall–Kier alpha value is -2.31. The molecule has 5 nitrogen and oxygen atoms in total. The van der Waals surface area contributed by atoms with Gasteiger partial charge in [-0.15, -0.1) is 0 Å². The maximum atomic E-state index is 12.1. The minimum Gasteiger partial charge on any atom is -0.494 e. The molecule has 2 aromatic carbocycles. The van der Waals surface area contributed by atoms with Gasteiger partial charge in [0.2, 0.25) is 5.91 Å². The zero-order valence-corrected chi connectivity index (χ0v) is 16.7. The van der Waals surface area contributed by atoms with Crippen molar-refractivity contribution in [2.45, 2.75) is 12.3 Å². The molecule has 0 saturated carbocycles. The molecule has 0 aromatic heterocycles. The van der Waals surface area contributed by atoms with Crippen molar-refractivity contribution in [2.75, 3.05) is 43.1 Å². The number of fused-ring (bicyclic) bond motifs is 1. The molecule has 1 unspecified atom stereocenters. The highest BCUT2D eigenvalue weighted by Gasteiger charge is 2.28. The number of nitrogens with one attached hydrogen (secondary N) is 1. The first-order chi connectivity index (χ1) is 13.8. The first-order valence-electron chi connectivity index (χ1n) is 9.76. The number of benzene rings is 2. The summed E-state index contributed by atoms with van der Waals surface area (Å²) < 4.78 is 5.85. The molecule has 0 spiro atoms. The lowest BCUT2D eigenvalue weighted by Gasteiger charge is -2.25. The van der Waals surface area contributed by atoms with Crippen LogP contribution in [0, 0.1) is 0 Å². The van der Waals surface area contributed by atoms with Crippen LogP contribution >= 0.6 is 11.8 Å². The Labute approximate surface area is 170 Å². The minimum atomic E-state index is -0.333. The maximum absolute atomic E-state index is 12.1. The number of ether oxygens (including phenoxy) is 1. The van der Waals surface area contributed by atoms with Crippen molar-refractivity contribution in [3.8, 4) is 5.75 Å². The third-order valence-electron chi connectivity index (χ3n) is 5.04. The van der Waals surface area contributed by atoms with Crippen LogP contribution in [0.2, 0.25) is 0 Å². The molecular weight excluding hydrogens is 370 g/mol. The summed E-state index contributed by atoms with van der Waals surface area (Å²) >= 11 is 2.04. The SMILES string of the molecule is O=C1Nc2ccccc2C1C=Nc1ccc(OCCCN2CCSCC2)cc1. The Morgan fingerprint density at radius 1 is 1.14 bits per heavy atom. The lowest BCUT2D eigenvalue weighted by molar-refractivity contribution is -0.115. The first-order valence-corrected chi connectivity index (χ1v) is 10.9. The van der Waals surface area contributed by atoms with E-state index in [2.05, 4.69) is 15.2 Å². The molecule has 0 aliphatic carbocycles. The number of rotatable bonds is 7. The van der Waals surface area contributed by atoms with Crippen LogP contribution < -0.4 is 10.1 Å². The van der Waals surface area contributed by atoms with E-state index >= 15 is 0 Å². The fourth-order valence-corrected chi connectivity index (χ4v) is 4.45. The third kappa shape index (κ3) is 4.75. The summed E-state index contributed by atoms with van der Waals surface area (Å²) in [7, 11) is 0. The molecule has 2 aromatic rings. The second kappa shape index (κ2) is 9.26. The average Bonchev–Trinajstić information content (AvgIpc) is 3.06. The number of para-hydroxylation sites is 1. The van der Waals surface area contributed by atoms with Crippen LogP contribution in [0.1, 0.15) is 17.9 Å². The molecular formula is C22H25N3O2S. The monoisotopic (exact) mass is 395 g/mol. The second-order valence-electron chi connectivity index (χ2n) is 6.98. The van der Waals surface area contributed by atoms with Gasteiger partial charge >= 0.3 is 0 Å². The minimum absolute atomic E-state index is 0.0304. The number of hydrogen-bond acceptors (Lipinski definition) is 5. The van der Waals surface area contributed by atoms with E-state index in [1.165, 1.54) is 24.6 Å². The number of thioether (sulfide) groups is 1. The van der Waals surface area contributed by atoms with E-state index in [4.69, 9.17) is 4.74 Å². The molecule has 0 radical (unpaired) electrons. The van der Waals surface area contributed by atoms with Gasteiger partial charge in [0.1, 0.15) is 11.7 Å². The van der Waals surface area contributed by atoms with Crippen LogP contribution in [-0.2, 0) is 4.79 Å². The Kier molecular flexibility index (Phi) is 6.29. The summed E-state index contributed by atoms with van der Waals surface area (Å²) in [4.78, 5) is 19.1. The summed E-state index contributed by atoms with van der Waals surface area (Å²) in [5.74, 6) is 2.99. The number of hydrogen-bond donors (Lipinski definition) is 1. The standard InChI is InChI=1S/C22H25N3O2S/c26-22-20(19-4-1-2-5-21(19)24-22)16-23-17-6-8-18(9-7-17)27-13-3-10-25-11-14-28-15-12-25/h1-2,4-9,16,20H,3,10-15H2,(H,24,26). The van der Waals surface area contributed by atoms with Crippen molar-refractivity contribution in [2.24, 2.45) is 4.99 Å². The highest BCUT2D eigenvalue weighted by Crippen LogP contribution is 2.31. The summed E-state index contributed by atoms with van der Waals surface area (Å²) in [5, 5.41) is 2.89. The second-order valence-corrected chi connectivity index (χ2v) is 8.21. The zero-order valence-electron chi connectivity index (χ0n) is 15.8. The van der Waals surface area contributed by atoms with Gasteiger partial charge in [-0.05, 0) is 42.3 Å². The average molecular weight is 396 g/mol. The van der Waals surface area contributed by atoms with E-state index in [9.17, 15) is 4.79 Å². The van der Waals surface area contributed by atoms with Crippen LogP contribution in [0.3, 0.4) is 0 Å². The smallest absolute Gasteiger partial charge is 0.237 e. The predicted molar refractivity (Wildman–Crippen MR) is 116 cm³/mol. The summed E-state index contributed by atoms with van der Waals surface area (Å²) in [6.07, 6.45) is 2.76. The molecule has 1 N–H and O–H groups in total. The number of carbonyl (C=O) groups excluding carboxylic acids is 1. The van der Waals surface area contributed by atoms with Gasteiger partial charge in [0.25, 0.3) is 0 Å². The van der Waals surface area contributed by atoms with E-state index in [0.29, 0.717) is 0 Å². The number of nitrogens with zero attached hydrogens (tertiary/aromatic N) is 2. The molecule has 2 aliphatic rings. The molecule has 4 rings (SSSR count). The Balaban J connectivity index is 1.26. The summed E-state index contributed by atoms with van der Waals surface area (Å²) in [6, 6.07) is 15.5. The Bertz CT molecular complexity index is 832. The van der Waals surface area contributed by atoms with Crippen molar-refractivity contribution in [3.05, 3.63) is 54.1 Å². The number of amides is 1. The largest absolute Gasteiger partial charge is 0.494 e. The van der Waals surface area contributed by atoms with E-state index in [0.717, 1.165) is 42.3 Å². The van der Waals surface area contributed by atoms with E-state index in [-0.39, 0.29) is 11.8 Å². The van der Waals surface area contributed by atoms with Crippen LogP contribution in [-0.4, -0.2) is 54.8 Å². The molecule has 1 fully saturated rings. The van der Waals surface area contributed by atoms with Gasteiger partial charge in [-0.3, -0.25) is 9.79 Å². The van der Waals surface area contributed by atoms with E-state index in [1.807, 2.05) is 60.3 Å². The van der Waals surface area contributed by atoms with Crippen LogP contribution in [0.15, 0.2) is 53.5 Å². The van der Waals surface area contributed by atoms with Crippen LogP contribution in [0.25, 0.3) is 0 Å². The van der Waals surface area contributed by atoms with E-state index < -0.39 is 0 Å². The first kappa shape index (κ1) is 19.0. The summed E-state index contributed by atoms with van der Waals surface area (Å²) in [6.45, 7) is 4.22. The lowest BCUT2D eigenvalue weighted by atomic mass is 10.0. The van der Waals surface area contributed by atoms with Gasteiger partial charge in [-0.2, -0.15) is 11.8 Å². The topological polar surface area (TPSA) is 53.9 Å². The van der Waals surface area contributed by atoms with Crippen LogP contribution in [0.5, 0.6) is 5.75 Å². The maximum Gasteiger partial charge on any atom is 0.237 e. The van der Waals surface area contributed by atoms with Gasteiger partial charge in [0.05, 0.1) is 12.3 Å². The van der Waals surface area contributed by atoms with Gasteiger partial charge in [-0.1, -0.05) is 18.2 Å². The van der Waals surface area contributed by atoms with Crippen molar-refractivity contribution in [1.29, 1.82) is 0 Å².